The highest BCUT2D eigenvalue weighted by atomic mass is 16.6. The number of rotatable bonds is 2. The number of carboxylic acid groups (broad SMARTS) is 2. The topological polar surface area (TPSA) is 118 Å². The maximum absolute atomic E-state index is 11.8. The Labute approximate surface area is 118 Å². The van der Waals surface area contributed by atoms with Crippen molar-refractivity contribution >= 4 is 23.9 Å². The van der Waals surface area contributed by atoms with Crippen LogP contribution >= 0.6 is 0 Å². The van der Waals surface area contributed by atoms with Gasteiger partial charge in [0.2, 0.25) is 0 Å². The van der Waals surface area contributed by atoms with Gasteiger partial charge in [-0.15, -0.1) is 0 Å². The number of fused-ring (bicyclic) bond motifs is 3. The van der Waals surface area contributed by atoms with Crippen molar-refractivity contribution in [3.05, 3.63) is 35.4 Å². The average Bonchev–Trinajstić information content (AvgIpc) is 2.72. The summed E-state index contributed by atoms with van der Waals surface area (Å²) in [5.74, 6) is -9.85. The van der Waals surface area contributed by atoms with Crippen molar-refractivity contribution in [2.75, 3.05) is 0 Å². The molecule has 1 fully saturated rings. The SMILES string of the molecule is O=C(O)C1c2ccccc2C2C(=O)OC(=O)C2C1C(=O)O. The number of benzene rings is 1. The number of hydrogen-bond acceptors (Lipinski definition) is 5. The minimum Gasteiger partial charge on any atom is -0.481 e. The second-order valence-corrected chi connectivity index (χ2v) is 5.05. The fraction of sp³-hybridized carbons (Fsp3) is 0.286. The van der Waals surface area contributed by atoms with Gasteiger partial charge in [0.1, 0.15) is 0 Å². The van der Waals surface area contributed by atoms with Gasteiger partial charge >= 0.3 is 23.9 Å². The molecule has 0 spiro atoms. The quantitative estimate of drug-likeness (QED) is 0.596. The van der Waals surface area contributed by atoms with E-state index in [1.807, 2.05) is 0 Å². The molecule has 1 aliphatic heterocycles. The molecule has 0 aromatic heterocycles. The van der Waals surface area contributed by atoms with E-state index in [0.717, 1.165) is 0 Å². The minimum absolute atomic E-state index is 0.241. The van der Waals surface area contributed by atoms with Crippen LogP contribution < -0.4 is 0 Å². The Morgan fingerprint density at radius 1 is 0.952 bits per heavy atom. The van der Waals surface area contributed by atoms with Gasteiger partial charge in [-0.25, -0.2) is 0 Å². The van der Waals surface area contributed by atoms with Crippen molar-refractivity contribution < 1.29 is 34.1 Å². The molecule has 0 bridgehead atoms. The molecule has 7 nitrogen and oxygen atoms in total. The average molecular weight is 290 g/mol. The van der Waals surface area contributed by atoms with Crippen LogP contribution in [0.3, 0.4) is 0 Å². The van der Waals surface area contributed by atoms with Gasteiger partial charge in [0, 0.05) is 0 Å². The van der Waals surface area contributed by atoms with Crippen LogP contribution in [0.4, 0.5) is 0 Å². The second-order valence-electron chi connectivity index (χ2n) is 5.05. The Morgan fingerprint density at radius 2 is 1.57 bits per heavy atom. The first kappa shape index (κ1) is 13.3. The highest BCUT2D eigenvalue weighted by Gasteiger charge is 2.59. The maximum atomic E-state index is 11.8. The van der Waals surface area contributed by atoms with Crippen LogP contribution in [-0.2, 0) is 23.9 Å². The maximum Gasteiger partial charge on any atom is 0.321 e. The van der Waals surface area contributed by atoms with E-state index in [9.17, 15) is 29.4 Å². The molecule has 4 atom stereocenters. The van der Waals surface area contributed by atoms with Gasteiger partial charge in [0.15, 0.2) is 0 Å². The molecule has 4 unspecified atom stereocenters. The van der Waals surface area contributed by atoms with Crippen LogP contribution in [0.25, 0.3) is 0 Å². The molecule has 1 aromatic carbocycles. The third kappa shape index (κ3) is 1.74. The lowest BCUT2D eigenvalue weighted by molar-refractivity contribution is -0.159. The van der Waals surface area contributed by atoms with Crippen molar-refractivity contribution in [2.45, 2.75) is 11.8 Å². The summed E-state index contributed by atoms with van der Waals surface area (Å²) >= 11 is 0. The zero-order valence-electron chi connectivity index (χ0n) is 10.6. The summed E-state index contributed by atoms with van der Waals surface area (Å²) in [6, 6.07) is 6.17. The van der Waals surface area contributed by atoms with Crippen molar-refractivity contribution in [1.29, 1.82) is 0 Å². The summed E-state index contributed by atoms with van der Waals surface area (Å²) in [5, 5.41) is 18.7. The number of esters is 2. The van der Waals surface area contributed by atoms with E-state index < -0.39 is 47.5 Å². The van der Waals surface area contributed by atoms with E-state index in [1.165, 1.54) is 12.1 Å². The Hall–Kier alpha value is -2.70. The van der Waals surface area contributed by atoms with Gasteiger partial charge in [-0.1, -0.05) is 24.3 Å². The third-order valence-corrected chi connectivity index (χ3v) is 4.05. The van der Waals surface area contributed by atoms with Crippen molar-refractivity contribution in [2.24, 2.45) is 11.8 Å². The lowest BCUT2D eigenvalue weighted by Gasteiger charge is -2.33. The van der Waals surface area contributed by atoms with Gasteiger partial charge in [-0.2, -0.15) is 0 Å². The molecule has 0 radical (unpaired) electrons. The van der Waals surface area contributed by atoms with Crippen LogP contribution in [0.5, 0.6) is 0 Å². The van der Waals surface area contributed by atoms with E-state index in [2.05, 4.69) is 4.74 Å². The molecule has 21 heavy (non-hydrogen) atoms. The molecule has 7 heteroatoms. The Kier molecular flexibility index (Phi) is 2.79. The van der Waals surface area contributed by atoms with Gasteiger partial charge < -0.3 is 14.9 Å². The van der Waals surface area contributed by atoms with E-state index >= 15 is 0 Å². The molecule has 2 N–H and O–H groups in total. The van der Waals surface area contributed by atoms with E-state index in [-0.39, 0.29) is 5.56 Å². The second kappa shape index (κ2) is 4.41. The molecular formula is C14H10O7. The first-order valence-corrected chi connectivity index (χ1v) is 6.23. The lowest BCUT2D eigenvalue weighted by atomic mass is 9.64. The summed E-state index contributed by atoms with van der Waals surface area (Å²) in [7, 11) is 0. The molecule has 3 rings (SSSR count). The first-order valence-electron chi connectivity index (χ1n) is 6.23. The van der Waals surface area contributed by atoms with Crippen molar-refractivity contribution in [3.8, 4) is 0 Å². The predicted octanol–water partition coefficient (Wildman–Crippen LogP) is 0.352. The van der Waals surface area contributed by atoms with Gasteiger partial charge in [-0.3, -0.25) is 19.2 Å². The molecule has 2 aliphatic rings. The zero-order chi connectivity index (χ0) is 15.3. The van der Waals surface area contributed by atoms with Crippen LogP contribution in [0.2, 0.25) is 0 Å². The smallest absolute Gasteiger partial charge is 0.321 e. The van der Waals surface area contributed by atoms with E-state index in [4.69, 9.17) is 0 Å². The number of hydrogen-bond donors (Lipinski definition) is 2. The molecule has 1 aliphatic carbocycles. The van der Waals surface area contributed by atoms with Crippen molar-refractivity contribution in [3.63, 3.8) is 0 Å². The first-order chi connectivity index (χ1) is 9.93. The fourth-order valence-corrected chi connectivity index (χ4v) is 3.25. The highest BCUT2D eigenvalue weighted by Crippen LogP contribution is 2.50. The van der Waals surface area contributed by atoms with Gasteiger partial charge in [0.25, 0.3) is 0 Å². The zero-order valence-corrected chi connectivity index (χ0v) is 10.6. The van der Waals surface area contributed by atoms with Crippen molar-refractivity contribution in [1.82, 2.24) is 0 Å². The van der Waals surface area contributed by atoms with E-state index in [0.29, 0.717) is 5.56 Å². The number of carboxylic acids is 2. The van der Waals surface area contributed by atoms with Gasteiger partial charge in [-0.05, 0) is 11.1 Å². The predicted molar refractivity (Wildman–Crippen MR) is 65.3 cm³/mol. The molecule has 0 amide bonds. The normalized spacial score (nSPS) is 30.3. The Bertz CT molecular complexity index is 678. The lowest BCUT2D eigenvalue weighted by Crippen LogP contribution is -2.42. The third-order valence-electron chi connectivity index (χ3n) is 4.05. The highest BCUT2D eigenvalue weighted by molar-refractivity contribution is 6.04. The molecule has 1 saturated heterocycles. The molecule has 108 valence electrons. The molecule has 1 heterocycles. The molecule has 0 saturated carbocycles. The Morgan fingerprint density at radius 3 is 2.14 bits per heavy atom. The molecule has 1 aromatic rings. The van der Waals surface area contributed by atoms with E-state index in [1.54, 1.807) is 12.1 Å². The summed E-state index contributed by atoms with van der Waals surface area (Å²) < 4.78 is 4.54. The minimum atomic E-state index is -1.53. The van der Waals surface area contributed by atoms with Crippen LogP contribution in [-0.4, -0.2) is 34.1 Å². The van der Waals surface area contributed by atoms with Crippen LogP contribution in [0.15, 0.2) is 24.3 Å². The summed E-state index contributed by atoms with van der Waals surface area (Å²) in [5.41, 5.74) is 0.591. The standard InChI is InChI=1S/C14H10O7/c15-11(16)7-5-3-1-2-4-6(5)8-10(9(7)12(17)18)14(20)21-13(8)19/h1-4,7-10H,(H,15,16)(H,17,18). The van der Waals surface area contributed by atoms with Crippen LogP contribution in [0.1, 0.15) is 23.0 Å². The molecular weight excluding hydrogens is 280 g/mol. The fourth-order valence-electron chi connectivity index (χ4n) is 3.25. The summed E-state index contributed by atoms with van der Waals surface area (Å²) in [4.78, 5) is 46.7. The summed E-state index contributed by atoms with van der Waals surface area (Å²) in [6.45, 7) is 0. The number of carbonyl (C=O) groups is 4. The van der Waals surface area contributed by atoms with Crippen LogP contribution in [0, 0.1) is 11.8 Å². The Balaban J connectivity index is 2.28. The van der Waals surface area contributed by atoms with Gasteiger partial charge in [0.05, 0.1) is 23.7 Å². The monoisotopic (exact) mass is 290 g/mol. The number of aliphatic carboxylic acids is 2. The summed E-state index contributed by atoms with van der Waals surface area (Å²) in [6.07, 6.45) is 0. The number of carbonyl (C=O) groups excluding carboxylic acids is 2. The number of ether oxygens (including phenoxy) is 1. The number of cyclic esters (lactones) is 2. The largest absolute Gasteiger partial charge is 0.481 e.